The van der Waals surface area contributed by atoms with E-state index in [-0.39, 0.29) is 66.4 Å². The number of fused-ring (bicyclic) bond motifs is 5. The number of carbonyl (C=O) groups excluding carboxylic acids is 8. The maximum absolute atomic E-state index is 14.4. The number of allylic oxidation sites excluding steroid dienone is 3. The number of amides is 9. The van der Waals surface area contributed by atoms with Gasteiger partial charge < -0.3 is 66.0 Å². The van der Waals surface area contributed by atoms with Crippen molar-refractivity contribution in [2.45, 2.75) is 140 Å². The van der Waals surface area contributed by atoms with Crippen LogP contribution in [0.2, 0.25) is 5.02 Å². The molecule has 0 saturated carbocycles. The molecule has 82 heavy (non-hydrogen) atoms. The van der Waals surface area contributed by atoms with Gasteiger partial charge in [0.1, 0.15) is 46.8 Å². The minimum Gasteiger partial charge on any atom is -0.495 e. The van der Waals surface area contributed by atoms with Gasteiger partial charge in [0.25, 0.3) is 0 Å². The number of alkyl halides is 1. The summed E-state index contributed by atoms with van der Waals surface area (Å²) in [5.41, 5.74) is 4.84. The van der Waals surface area contributed by atoms with Gasteiger partial charge in [-0.2, -0.15) is 0 Å². The first-order valence-electron chi connectivity index (χ1n) is 26.9. The van der Waals surface area contributed by atoms with E-state index in [1.165, 1.54) is 44.4 Å². The topological polar surface area (TPSA) is 320 Å². The summed E-state index contributed by atoms with van der Waals surface area (Å²) in [5, 5.41) is 31.2. The number of carbonyl (C=O) groups is 8. The van der Waals surface area contributed by atoms with E-state index in [0.29, 0.717) is 59.0 Å². The zero-order valence-electron chi connectivity index (χ0n) is 47.3. The van der Waals surface area contributed by atoms with Gasteiger partial charge in [0.15, 0.2) is 5.72 Å². The van der Waals surface area contributed by atoms with Gasteiger partial charge in [-0.1, -0.05) is 85.1 Å². The van der Waals surface area contributed by atoms with Crippen LogP contribution < -0.4 is 52.6 Å². The number of hydrogen-bond donors (Lipinski definition) is 9. The fraction of sp³-hybridized carbons (Fsp3) is 0.536. The molecular formula is C56H76Br2ClN9O14. The van der Waals surface area contributed by atoms with Crippen LogP contribution in [0, 0.1) is 11.8 Å². The molecule has 0 radical (unpaired) electrons. The molecule has 2 aromatic carbocycles. The molecule has 3 aliphatic rings. The lowest BCUT2D eigenvalue weighted by Gasteiger charge is -2.42. The first-order chi connectivity index (χ1) is 38.7. The van der Waals surface area contributed by atoms with Crippen LogP contribution in [0.1, 0.15) is 91.5 Å². The van der Waals surface area contributed by atoms with Crippen LogP contribution in [0.4, 0.5) is 31.4 Å². The van der Waals surface area contributed by atoms with Crippen molar-refractivity contribution in [3.8, 4) is 5.75 Å². The number of nitrogens with zero attached hydrogens (tertiary/aromatic N) is 1. The molecule has 10 N–H and O–H groups in total. The zero-order valence-corrected chi connectivity index (χ0v) is 51.3. The monoisotopic (exact) mass is 1290 g/mol. The molecule has 0 aromatic heterocycles. The summed E-state index contributed by atoms with van der Waals surface area (Å²) in [5.74, 6) is -3.03. The summed E-state index contributed by atoms with van der Waals surface area (Å²) in [4.78, 5) is 107. The lowest BCUT2D eigenvalue weighted by Crippen LogP contribution is -2.63. The van der Waals surface area contributed by atoms with Crippen molar-refractivity contribution in [3.63, 3.8) is 0 Å². The second-order valence-electron chi connectivity index (χ2n) is 21.1. The molecule has 2 fully saturated rings. The third-order valence-corrected chi connectivity index (χ3v) is 16.1. The number of anilines is 3. The highest BCUT2D eigenvalue weighted by Crippen LogP contribution is 2.49. The van der Waals surface area contributed by atoms with Gasteiger partial charge in [-0.3, -0.25) is 34.6 Å². The Morgan fingerprint density at radius 2 is 1.73 bits per heavy atom. The van der Waals surface area contributed by atoms with Crippen molar-refractivity contribution in [3.05, 3.63) is 81.3 Å². The van der Waals surface area contributed by atoms with Crippen molar-refractivity contribution in [2.24, 2.45) is 17.6 Å². The third kappa shape index (κ3) is 18.4. The number of ether oxygens (including phenoxy) is 5. The van der Waals surface area contributed by atoms with Crippen molar-refractivity contribution in [1.82, 2.24) is 26.6 Å². The maximum atomic E-state index is 14.4. The lowest BCUT2D eigenvalue weighted by molar-refractivity contribution is -0.142. The van der Waals surface area contributed by atoms with E-state index in [1.54, 1.807) is 52.0 Å². The number of hydrogen-bond acceptors (Lipinski definition) is 14. The second kappa shape index (κ2) is 30.3. The molecule has 5 rings (SSSR count). The van der Waals surface area contributed by atoms with E-state index >= 15 is 0 Å². The number of methoxy groups -OCH3 is 2. The normalized spacial score (nSPS) is 24.3. The fourth-order valence-electron chi connectivity index (χ4n) is 9.60. The molecule has 9 amide bonds. The average Bonchev–Trinajstić information content (AvgIpc) is 3.79. The highest BCUT2D eigenvalue weighted by molar-refractivity contribution is 9.10. The Hall–Kier alpha value is -6.25. The van der Waals surface area contributed by atoms with E-state index in [4.69, 9.17) is 41.0 Å². The molecule has 4 bridgehead atoms. The smallest absolute Gasteiger partial charge is 0.412 e. The number of nitrogens with one attached hydrogen (secondary N) is 7. The Labute approximate surface area is 499 Å². The van der Waals surface area contributed by atoms with E-state index in [2.05, 4.69) is 75.7 Å². The Morgan fingerprint density at radius 1 is 1.01 bits per heavy atom. The molecule has 0 unspecified atom stereocenters. The third-order valence-electron chi connectivity index (χ3n) is 14.4. The molecule has 450 valence electrons. The molecule has 26 heteroatoms. The highest BCUT2D eigenvalue weighted by Gasteiger charge is 2.64. The first kappa shape index (κ1) is 66.5. The molecular weight excluding hydrogens is 1220 g/mol. The molecule has 3 heterocycles. The Balaban J connectivity index is 1.32. The number of benzene rings is 2. The number of unbranched alkanes of at least 4 members (excludes halogenated alkanes) is 2. The highest BCUT2D eigenvalue weighted by atomic mass is 79.9. The predicted octanol–water partition coefficient (Wildman–Crippen LogP) is 6.78. The molecule has 0 spiro atoms. The number of alkyl carbamates (subject to hydrolysis) is 1. The van der Waals surface area contributed by atoms with Gasteiger partial charge in [0.05, 0.1) is 31.0 Å². The number of epoxide rings is 1. The molecule has 2 saturated heterocycles. The number of halogens is 3. The van der Waals surface area contributed by atoms with E-state index in [9.17, 15) is 43.5 Å². The van der Waals surface area contributed by atoms with Crippen molar-refractivity contribution in [1.29, 1.82) is 0 Å². The zero-order chi connectivity index (χ0) is 60.6. The Morgan fingerprint density at radius 3 is 2.39 bits per heavy atom. The van der Waals surface area contributed by atoms with Gasteiger partial charge >= 0.3 is 18.2 Å². The number of urea groups is 1. The van der Waals surface area contributed by atoms with Crippen LogP contribution in [0.25, 0.3) is 0 Å². The van der Waals surface area contributed by atoms with E-state index < -0.39 is 96.1 Å². The van der Waals surface area contributed by atoms with E-state index in [1.807, 2.05) is 13.0 Å². The van der Waals surface area contributed by atoms with Crippen LogP contribution >= 0.6 is 43.5 Å². The van der Waals surface area contributed by atoms with Crippen LogP contribution in [-0.2, 0) is 49.3 Å². The lowest BCUT2D eigenvalue weighted by atomic mass is 9.83. The average molecular weight is 1290 g/mol. The molecule has 3 aliphatic heterocycles. The fourth-order valence-corrected chi connectivity index (χ4v) is 10.6. The molecule has 23 nitrogen and oxygen atoms in total. The summed E-state index contributed by atoms with van der Waals surface area (Å²) in [6.07, 6.45) is 1.43. The van der Waals surface area contributed by atoms with Crippen molar-refractivity contribution < 1.29 is 67.1 Å². The van der Waals surface area contributed by atoms with Crippen LogP contribution in [0.3, 0.4) is 0 Å². The van der Waals surface area contributed by atoms with Gasteiger partial charge in [-0.15, -0.1) is 0 Å². The molecule has 9 atom stereocenters. The minimum absolute atomic E-state index is 0.0585. The molecule has 0 aliphatic carbocycles. The van der Waals surface area contributed by atoms with Crippen molar-refractivity contribution in [2.75, 3.05) is 55.2 Å². The summed E-state index contributed by atoms with van der Waals surface area (Å²) in [6, 6.07) is 5.06. The van der Waals surface area contributed by atoms with Crippen molar-refractivity contribution >= 4 is 108 Å². The predicted molar refractivity (Wildman–Crippen MR) is 315 cm³/mol. The largest absolute Gasteiger partial charge is 0.495 e. The maximum Gasteiger partial charge on any atom is 0.412 e. The first-order valence-corrected chi connectivity index (χ1v) is 29.1. The van der Waals surface area contributed by atoms with Gasteiger partial charge in [0, 0.05) is 67.1 Å². The number of rotatable bonds is 22. The number of aliphatic hydroxyl groups is 1. The van der Waals surface area contributed by atoms with Gasteiger partial charge in [0.2, 0.25) is 29.5 Å². The van der Waals surface area contributed by atoms with E-state index in [0.717, 1.165) is 11.1 Å². The second-order valence-corrected chi connectivity index (χ2v) is 22.9. The minimum atomic E-state index is -1.90. The Bertz CT molecular complexity index is 2770. The summed E-state index contributed by atoms with van der Waals surface area (Å²) < 4.78 is 29.7. The SMILES string of the molecule is C=C(CBr)C(=O)NCCCCCC(=O)N[C@H](C(=O)N[C@@H](CCCNC(N)=O)C(=O)Nc1ccc(NC(=O)O[C@H]2CC(=O)N(C)c3cc(cc(OC)c3Cl)C/C(C)=C/C=C/[C@@H](OC)[C@@]3(O)C[C@H](OC(=O)N3)[C@@H](C)[C@@H]3O[C@@]23C)cc1Br)C(C)C. The van der Waals surface area contributed by atoms with Crippen LogP contribution in [0.5, 0.6) is 5.75 Å². The summed E-state index contributed by atoms with van der Waals surface area (Å²) >= 11 is 13.5. The van der Waals surface area contributed by atoms with Crippen LogP contribution in [-0.4, -0.2) is 140 Å². The quantitative estimate of drug-likeness (QED) is 0.0254. The van der Waals surface area contributed by atoms with Gasteiger partial charge in [-0.05, 0) is 104 Å². The summed E-state index contributed by atoms with van der Waals surface area (Å²) in [7, 11) is 4.40. The number of nitrogens with two attached hydrogens (primary N) is 1. The number of primary amides is 1. The molecule has 2 aromatic rings. The summed E-state index contributed by atoms with van der Waals surface area (Å²) in [6.45, 7) is 13.0. The Kier molecular flexibility index (Phi) is 24.6. The standard InChI is InChI=1S/C56H76Br2ClN9O14/c1-30(2)47(66-44(69)18-11-10-12-21-61-49(71)32(4)29-57)51(73)65-38(16-14-22-62-52(60)74)50(72)64-37-20-19-35(26-36(37)58)63-53(75)81-43-27-45(70)68(7)39-24-34(25-40(78-8)46(39)59)23-31(3)15-13-17-42(79-9)56(77)28-41(80-54(76)67-56)33(5)48-55(43,6)82-48/h13,15,17,19-20,24-26,30,33,38,41-43,47-48,77H,4,10-12,14,16,18,21-23,27-29H2,1-3,5-9H3,(H,61,71)(H,63,75)(H,64,72)(H,65,73)(H,66,69)(H,67,76)(H3,60,62,74)/b17-13+,31-15+/t33-,38+,41+,42-,43+,47+,48+,55+,56+/m1/s1. The van der Waals surface area contributed by atoms with Gasteiger partial charge in [-0.25, -0.2) is 14.4 Å². The van der Waals surface area contributed by atoms with Crippen LogP contribution in [0.15, 0.2) is 70.8 Å².